The molecular formula is C27H33NO2S3. The molecule has 0 saturated heterocycles. The quantitative estimate of drug-likeness (QED) is 0.380. The maximum absolute atomic E-state index is 13.6. The Kier molecular flexibility index (Phi) is 8.73. The summed E-state index contributed by atoms with van der Waals surface area (Å²) in [6.07, 6.45) is 2.06. The Morgan fingerprint density at radius 1 is 0.788 bits per heavy atom. The maximum atomic E-state index is 13.6. The van der Waals surface area contributed by atoms with E-state index >= 15 is 0 Å². The molecule has 6 heteroatoms. The van der Waals surface area contributed by atoms with Crippen molar-refractivity contribution < 1.29 is 8.42 Å². The van der Waals surface area contributed by atoms with Crippen molar-refractivity contribution >= 4 is 33.5 Å². The van der Waals surface area contributed by atoms with E-state index in [-0.39, 0.29) is 16.7 Å². The van der Waals surface area contributed by atoms with Crippen molar-refractivity contribution in [1.29, 1.82) is 0 Å². The highest BCUT2D eigenvalue weighted by atomic mass is 32.2. The molecule has 0 fully saturated rings. The average molecular weight is 500 g/mol. The SMILES string of the molecule is CS[C@@H](c1ccccc1[S@@](=O)c1ccc(C)cc1)[C@H](N[S@@](=O)c1ccc(C)cc1)C(C)(C)C. The lowest BCUT2D eigenvalue weighted by Gasteiger charge is -2.37. The molecule has 176 valence electrons. The number of hydrogen-bond donors (Lipinski definition) is 1. The van der Waals surface area contributed by atoms with Gasteiger partial charge in [0.25, 0.3) is 0 Å². The zero-order chi connectivity index (χ0) is 24.2. The molecule has 0 radical (unpaired) electrons. The van der Waals surface area contributed by atoms with Crippen LogP contribution in [0.3, 0.4) is 0 Å². The Labute approximate surface area is 207 Å². The fourth-order valence-corrected chi connectivity index (χ4v) is 7.51. The molecular weight excluding hydrogens is 467 g/mol. The highest BCUT2D eigenvalue weighted by molar-refractivity contribution is 7.99. The maximum Gasteiger partial charge on any atom is 0.125 e. The van der Waals surface area contributed by atoms with Crippen molar-refractivity contribution in [2.24, 2.45) is 5.41 Å². The normalized spacial score (nSPS) is 15.6. The van der Waals surface area contributed by atoms with Crippen LogP contribution in [0.2, 0.25) is 0 Å². The largest absolute Gasteiger partial charge is 0.249 e. The molecule has 0 aromatic heterocycles. The molecule has 3 aromatic carbocycles. The summed E-state index contributed by atoms with van der Waals surface area (Å²) >= 11 is 1.70. The van der Waals surface area contributed by atoms with Gasteiger partial charge < -0.3 is 0 Å². The van der Waals surface area contributed by atoms with Crippen LogP contribution in [0.1, 0.15) is 42.7 Å². The molecule has 0 unspecified atom stereocenters. The van der Waals surface area contributed by atoms with Crippen LogP contribution in [0.5, 0.6) is 0 Å². The van der Waals surface area contributed by atoms with Crippen LogP contribution < -0.4 is 4.72 Å². The Morgan fingerprint density at radius 2 is 1.30 bits per heavy atom. The summed E-state index contributed by atoms with van der Waals surface area (Å²) in [6, 6.07) is 23.4. The zero-order valence-corrected chi connectivity index (χ0v) is 22.6. The van der Waals surface area contributed by atoms with Crippen LogP contribution in [-0.2, 0) is 21.8 Å². The summed E-state index contributed by atoms with van der Waals surface area (Å²) in [6.45, 7) is 10.5. The molecule has 0 heterocycles. The number of thioether (sulfide) groups is 1. The monoisotopic (exact) mass is 499 g/mol. The van der Waals surface area contributed by atoms with Crippen molar-refractivity contribution in [1.82, 2.24) is 4.72 Å². The molecule has 0 aliphatic carbocycles. The number of hydrogen-bond acceptors (Lipinski definition) is 3. The molecule has 0 bridgehead atoms. The lowest BCUT2D eigenvalue weighted by Crippen LogP contribution is -2.45. The number of benzene rings is 3. The summed E-state index contributed by atoms with van der Waals surface area (Å²) in [5.41, 5.74) is 3.10. The summed E-state index contributed by atoms with van der Waals surface area (Å²) in [4.78, 5) is 2.35. The third-order valence-electron chi connectivity index (χ3n) is 5.62. The van der Waals surface area contributed by atoms with Gasteiger partial charge in [0.1, 0.15) is 11.0 Å². The second kappa shape index (κ2) is 11.1. The van der Waals surface area contributed by atoms with E-state index in [0.717, 1.165) is 31.4 Å². The summed E-state index contributed by atoms with van der Waals surface area (Å²) in [5, 5.41) is -0.0370. The van der Waals surface area contributed by atoms with E-state index in [1.807, 2.05) is 80.6 Å². The van der Waals surface area contributed by atoms with Crippen LogP contribution in [0, 0.1) is 19.3 Å². The van der Waals surface area contributed by atoms with E-state index < -0.39 is 21.8 Å². The van der Waals surface area contributed by atoms with Crippen molar-refractivity contribution in [3.05, 3.63) is 89.5 Å². The predicted molar refractivity (Wildman–Crippen MR) is 143 cm³/mol. The lowest BCUT2D eigenvalue weighted by molar-refractivity contribution is 0.295. The van der Waals surface area contributed by atoms with E-state index in [1.165, 1.54) is 0 Å². The van der Waals surface area contributed by atoms with Gasteiger partial charge in [0.15, 0.2) is 0 Å². The molecule has 33 heavy (non-hydrogen) atoms. The molecule has 3 aromatic rings. The minimum Gasteiger partial charge on any atom is -0.249 e. The first-order chi connectivity index (χ1) is 15.6. The van der Waals surface area contributed by atoms with Crippen LogP contribution in [0.25, 0.3) is 0 Å². The fraction of sp³-hybridized carbons (Fsp3) is 0.333. The van der Waals surface area contributed by atoms with E-state index in [2.05, 4.69) is 37.8 Å². The molecule has 0 spiro atoms. The van der Waals surface area contributed by atoms with E-state index in [0.29, 0.717) is 0 Å². The van der Waals surface area contributed by atoms with Crippen LogP contribution >= 0.6 is 11.8 Å². The Bertz CT molecular complexity index is 1120. The Morgan fingerprint density at radius 3 is 1.82 bits per heavy atom. The molecule has 0 amide bonds. The number of rotatable bonds is 8. The second-order valence-electron chi connectivity index (χ2n) is 9.32. The third-order valence-corrected chi connectivity index (χ3v) is 9.29. The minimum absolute atomic E-state index is 0.0370. The van der Waals surface area contributed by atoms with Crippen molar-refractivity contribution in [2.45, 2.75) is 60.6 Å². The third kappa shape index (κ3) is 6.44. The Balaban J connectivity index is 1.99. The van der Waals surface area contributed by atoms with Crippen molar-refractivity contribution in [3.63, 3.8) is 0 Å². The molecule has 1 N–H and O–H groups in total. The van der Waals surface area contributed by atoms with Gasteiger partial charge >= 0.3 is 0 Å². The molecule has 3 rings (SSSR count). The van der Waals surface area contributed by atoms with Crippen LogP contribution in [0.15, 0.2) is 87.5 Å². The summed E-state index contributed by atoms with van der Waals surface area (Å²) in [5.74, 6) is 0. The molecule has 0 aliphatic heterocycles. The highest BCUT2D eigenvalue weighted by Crippen LogP contribution is 2.41. The first-order valence-electron chi connectivity index (χ1n) is 11.0. The fourth-order valence-electron chi connectivity index (χ4n) is 3.65. The lowest BCUT2D eigenvalue weighted by atomic mass is 9.83. The van der Waals surface area contributed by atoms with Gasteiger partial charge in [-0.25, -0.2) is 13.1 Å². The number of aryl methyl sites for hydroxylation is 2. The molecule has 3 nitrogen and oxygen atoms in total. The highest BCUT2D eigenvalue weighted by Gasteiger charge is 2.36. The topological polar surface area (TPSA) is 46.2 Å². The van der Waals surface area contributed by atoms with Gasteiger partial charge in [0, 0.05) is 21.1 Å². The molecule has 0 saturated carbocycles. The average Bonchev–Trinajstić information content (AvgIpc) is 2.79. The smallest absolute Gasteiger partial charge is 0.125 e. The van der Waals surface area contributed by atoms with Crippen molar-refractivity contribution in [2.75, 3.05) is 6.26 Å². The molecule has 0 aliphatic rings. The standard InChI is InChI=1S/C27H33NO2S3/c1-19-11-15-21(16-12-19)32(29)24-10-8-7-9-23(24)25(31-6)26(27(3,4)5)28-33(30)22-17-13-20(2)14-18-22/h7-18,25-26,28H,1-6H3/t25-,26-,32-,33-/m0/s1. The van der Waals surface area contributed by atoms with Crippen LogP contribution in [-0.4, -0.2) is 20.7 Å². The summed E-state index contributed by atoms with van der Waals surface area (Å²) in [7, 11) is -2.66. The van der Waals surface area contributed by atoms with E-state index in [9.17, 15) is 8.42 Å². The number of nitrogens with one attached hydrogen (secondary N) is 1. The minimum atomic E-state index is -1.36. The predicted octanol–water partition coefficient (Wildman–Crippen LogP) is 6.60. The van der Waals surface area contributed by atoms with Gasteiger partial charge in [-0.15, -0.1) is 0 Å². The first kappa shape index (κ1) is 25.9. The molecule has 4 atom stereocenters. The van der Waals surface area contributed by atoms with Gasteiger partial charge in [-0.3, -0.25) is 0 Å². The van der Waals surface area contributed by atoms with E-state index in [1.54, 1.807) is 11.8 Å². The van der Waals surface area contributed by atoms with Gasteiger partial charge in [0.05, 0.1) is 15.7 Å². The van der Waals surface area contributed by atoms with Gasteiger partial charge in [-0.1, -0.05) is 74.4 Å². The Hall–Kier alpha value is -1.73. The van der Waals surface area contributed by atoms with Gasteiger partial charge in [0.2, 0.25) is 0 Å². The summed E-state index contributed by atoms with van der Waals surface area (Å²) < 4.78 is 30.2. The van der Waals surface area contributed by atoms with Crippen LogP contribution in [0.4, 0.5) is 0 Å². The second-order valence-corrected chi connectivity index (χ2v) is 13.0. The zero-order valence-electron chi connectivity index (χ0n) is 20.1. The van der Waals surface area contributed by atoms with Crippen molar-refractivity contribution in [3.8, 4) is 0 Å². The first-order valence-corrected chi connectivity index (χ1v) is 14.6. The van der Waals surface area contributed by atoms with Gasteiger partial charge in [-0.05, 0) is 61.4 Å². The van der Waals surface area contributed by atoms with E-state index in [4.69, 9.17) is 0 Å². The van der Waals surface area contributed by atoms with Gasteiger partial charge in [-0.2, -0.15) is 11.8 Å².